The minimum atomic E-state index is 0.106. The molecule has 0 spiro atoms. The van der Waals surface area contributed by atoms with Crippen LogP contribution in [0.1, 0.15) is 30.1 Å². The van der Waals surface area contributed by atoms with E-state index in [0.29, 0.717) is 12.0 Å². The van der Waals surface area contributed by atoms with E-state index in [1.807, 2.05) is 24.4 Å². The van der Waals surface area contributed by atoms with E-state index in [1.165, 1.54) is 0 Å². The first-order chi connectivity index (χ1) is 7.70. The molecule has 82 valence electrons. The summed E-state index contributed by atoms with van der Waals surface area (Å²) in [6, 6.07) is 3.87. The summed E-state index contributed by atoms with van der Waals surface area (Å²) in [6.45, 7) is 5.86. The van der Waals surface area contributed by atoms with Crippen molar-refractivity contribution in [2.75, 3.05) is 0 Å². The van der Waals surface area contributed by atoms with Crippen molar-refractivity contribution < 1.29 is 4.79 Å². The van der Waals surface area contributed by atoms with E-state index < -0.39 is 0 Å². The smallest absolute Gasteiger partial charge is 0.168 e. The number of thiophene rings is 1. The maximum absolute atomic E-state index is 11.9. The summed E-state index contributed by atoms with van der Waals surface area (Å²) < 4.78 is 1.06. The summed E-state index contributed by atoms with van der Waals surface area (Å²) >= 11 is 1.61. The third kappa shape index (κ3) is 2.19. The van der Waals surface area contributed by atoms with Crippen molar-refractivity contribution >= 4 is 27.3 Å². The summed E-state index contributed by atoms with van der Waals surface area (Å²) in [7, 11) is 0. The summed E-state index contributed by atoms with van der Waals surface area (Å²) in [5.41, 5.74) is 2.61. The van der Waals surface area contributed by atoms with Crippen LogP contribution in [-0.4, -0.2) is 10.8 Å². The zero-order valence-electron chi connectivity index (χ0n) is 9.19. The fraction of sp³-hybridized carbons (Fsp3) is 0.231. The quantitative estimate of drug-likeness (QED) is 0.591. The van der Waals surface area contributed by atoms with Gasteiger partial charge in [0.15, 0.2) is 5.78 Å². The van der Waals surface area contributed by atoms with Crippen molar-refractivity contribution in [3.05, 3.63) is 41.4 Å². The Balaban J connectivity index is 2.25. The molecule has 0 fully saturated rings. The second-order valence-electron chi connectivity index (χ2n) is 3.73. The van der Waals surface area contributed by atoms with Gasteiger partial charge in [-0.1, -0.05) is 19.1 Å². The van der Waals surface area contributed by atoms with Gasteiger partial charge in [-0.3, -0.25) is 9.78 Å². The Morgan fingerprint density at radius 3 is 3.12 bits per heavy atom. The molecule has 0 saturated heterocycles. The number of ketones is 1. The van der Waals surface area contributed by atoms with Crippen LogP contribution in [-0.2, 0) is 0 Å². The van der Waals surface area contributed by atoms with Crippen molar-refractivity contribution in [1.82, 2.24) is 4.98 Å². The van der Waals surface area contributed by atoms with Gasteiger partial charge in [-0.15, -0.1) is 11.3 Å². The van der Waals surface area contributed by atoms with Gasteiger partial charge in [-0.05, 0) is 23.9 Å². The number of carbonyl (C=O) groups excluding carboxylic acids is 1. The van der Waals surface area contributed by atoms with Gasteiger partial charge in [0.25, 0.3) is 0 Å². The first kappa shape index (κ1) is 11.0. The van der Waals surface area contributed by atoms with Gasteiger partial charge in [0.1, 0.15) is 0 Å². The largest absolute Gasteiger partial charge is 0.294 e. The van der Waals surface area contributed by atoms with E-state index in [1.54, 1.807) is 17.5 Å². The standard InChI is InChI=1S/C13H13NOS/c1-3-9(2)6-12(15)10-7-13-11(14-8-10)4-5-16-13/h4-5,7-8H,2-3,6H2,1H3. The number of allylic oxidation sites excluding steroid dienone is 1. The maximum Gasteiger partial charge on any atom is 0.168 e. The van der Waals surface area contributed by atoms with Crippen LogP contribution in [0.5, 0.6) is 0 Å². The average molecular weight is 231 g/mol. The van der Waals surface area contributed by atoms with Crippen LogP contribution in [0.3, 0.4) is 0 Å². The highest BCUT2D eigenvalue weighted by Crippen LogP contribution is 2.20. The number of fused-ring (bicyclic) bond motifs is 1. The Bertz CT molecular complexity index is 542. The molecule has 0 aliphatic heterocycles. The van der Waals surface area contributed by atoms with E-state index >= 15 is 0 Å². The molecule has 0 N–H and O–H groups in total. The van der Waals surface area contributed by atoms with Gasteiger partial charge < -0.3 is 0 Å². The number of rotatable bonds is 4. The highest BCUT2D eigenvalue weighted by Gasteiger charge is 2.08. The van der Waals surface area contributed by atoms with Gasteiger partial charge in [0.05, 0.1) is 10.2 Å². The highest BCUT2D eigenvalue weighted by molar-refractivity contribution is 7.17. The molecule has 0 unspecified atom stereocenters. The monoisotopic (exact) mass is 231 g/mol. The molecule has 0 bridgehead atoms. The molecule has 0 atom stereocenters. The van der Waals surface area contributed by atoms with E-state index in [2.05, 4.69) is 11.6 Å². The minimum Gasteiger partial charge on any atom is -0.294 e. The van der Waals surface area contributed by atoms with Crippen LogP contribution < -0.4 is 0 Å². The molecule has 0 aliphatic rings. The van der Waals surface area contributed by atoms with Crippen molar-refractivity contribution in [2.24, 2.45) is 0 Å². The molecule has 0 aromatic carbocycles. The fourth-order valence-electron chi connectivity index (χ4n) is 1.45. The van der Waals surface area contributed by atoms with Crippen LogP contribution in [0.4, 0.5) is 0 Å². The third-order valence-electron chi connectivity index (χ3n) is 2.54. The number of aromatic nitrogens is 1. The number of carbonyl (C=O) groups is 1. The third-order valence-corrected chi connectivity index (χ3v) is 3.39. The van der Waals surface area contributed by atoms with E-state index in [-0.39, 0.29) is 5.78 Å². The lowest BCUT2D eigenvalue weighted by Gasteiger charge is -2.02. The maximum atomic E-state index is 11.9. The van der Waals surface area contributed by atoms with Crippen LogP contribution >= 0.6 is 11.3 Å². The molecule has 16 heavy (non-hydrogen) atoms. The van der Waals surface area contributed by atoms with E-state index in [0.717, 1.165) is 22.2 Å². The van der Waals surface area contributed by atoms with E-state index in [9.17, 15) is 4.79 Å². The van der Waals surface area contributed by atoms with Crippen molar-refractivity contribution in [1.29, 1.82) is 0 Å². The predicted molar refractivity (Wildman–Crippen MR) is 68.0 cm³/mol. The second-order valence-corrected chi connectivity index (χ2v) is 4.68. The van der Waals surface area contributed by atoms with Crippen LogP contribution in [0.2, 0.25) is 0 Å². The SMILES string of the molecule is C=C(CC)CC(=O)c1cnc2ccsc2c1. The Labute approximate surface area is 98.6 Å². The van der Waals surface area contributed by atoms with Gasteiger partial charge in [-0.25, -0.2) is 0 Å². The Hall–Kier alpha value is -1.48. The first-order valence-corrected chi connectivity index (χ1v) is 6.11. The first-order valence-electron chi connectivity index (χ1n) is 5.24. The number of pyridine rings is 1. The summed E-state index contributed by atoms with van der Waals surface area (Å²) in [6.07, 6.45) is 2.93. The normalized spacial score (nSPS) is 10.6. The topological polar surface area (TPSA) is 30.0 Å². The lowest BCUT2D eigenvalue weighted by molar-refractivity contribution is 0.0992. The lowest BCUT2D eigenvalue weighted by Crippen LogP contribution is -2.00. The zero-order chi connectivity index (χ0) is 11.5. The zero-order valence-corrected chi connectivity index (χ0v) is 10.0. The van der Waals surface area contributed by atoms with Crippen LogP contribution in [0.15, 0.2) is 35.9 Å². The molecule has 2 aromatic rings. The molecular formula is C13H13NOS. The predicted octanol–water partition coefficient (Wildman–Crippen LogP) is 3.84. The summed E-state index contributed by atoms with van der Waals surface area (Å²) in [4.78, 5) is 16.1. The molecular weight excluding hydrogens is 218 g/mol. The van der Waals surface area contributed by atoms with Crippen molar-refractivity contribution in [3.8, 4) is 0 Å². The van der Waals surface area contributed by atoms with Gasteiger partial charge in [0.2, 0.25) is 0 Å². The molecule has 0 saturated carbocycles. The molecule has 2 aromatic heterocycles. The molecule has 2 nitrogen and oxygen atoms in total. The highest BCUT2D eigenvalue weighted by atomic mass is 32.1. The number of hydrogen-bond acceptors (Lipinski definition) is 3. The minimum absolute atomic E-state index is 0.106. The lowest BCUT2D eigenvalue weighted by atomic mass is 10.0. The molecule has 3 heteroatoms. The summed E-state index contributed by atoms with van der Waals surface area (Å²) in [5, 5.41) is 1.98. The second kappa shape index (κ2) is 4.58. The van der Waals surface area contributed by atoms with Gasteiger partial charge >= 0.3 is 0 Å². The Morgan fingerprint density at radius 1 is 1.56 bits per heavy atom. The number of nitrogens with zero attached hydrogens (tertiary/aromatic N) is 1. The van der Waals surface area contributed by atoms with E-state index in [4.69, 9.17) is 0 Å². The average Bonchev–Trinajstić information content (AvgIpc) is 2.75. The number of hydrogen-bond donors (Lipinski definition) is 0. The molecule has 0 aliphatic carbocycles. The molecule has 2 heterocycles. The Morgan fingerprint density at radius 2 is 2.38 bits per heavy atom. The molecule has 2 rings (SSSR count). The molecule has 0 amide bonds. The number of Topliss-reactive ketones (excluding diaryl/α,β-unsaturated/α-hetero) is 1. The van der Waals surface area contributed by atoms with Crippen molar-refractivity contribution in [3.63, 3.8) is 0 Å². The van der Waals surface area contributed by atoms with Crippen LogP contribution in [0, 0.1) is 0 Å². The Kier molecular flexibility index (Phi) is 3.15. The van der Waals surface area contributed by atoms with Gasteiger partial charge in [-0.2, -0.15) is 0 Å². The van der Waals surface area contributed by atoms with Crippen molar-refractivity contribution in [2.45, 2.75) is 19.8 Å². The van der Waals surface area contributed by atoms with Gasteiger partial charge in [0, 0.05) is 18.2 Å². The fourth-order valence-corrected chi connectivity index (χ4v) is 2.23. The van der Waals surface area contributed by atoms with Crippen LogP contribution in [0.25, 0.3) is 10.2 Å². The summed E-state index contributed by atoms with van der Waals surface area (Å²) in [5.74, 6) is 0.106. The molecule has 0 radical (unpaired) electrons.